The van der Waals surface area contributed by atoms with Gasteiger partial charge in [0.1, 0.15) is 0 Å². The van der Waals surface area contributed by atoms with Crippen molar-refractivity contribution in [3.8, 4) is 0 Å². The van der Waals surface area contributed by atoms with Gasteiger partial charge < -0.3 is 5.73 Å². The van der Waals surface area contributed by atoms with Gasteiger partial charge in [0.25, 0.3) is 0 Å². The van der Waals surface area contributed by atoms with Crippen molar-refractivity contribution in [2.24, 2.45) is 11.7 Å². The van der Waals surface area contributed by atoms with Crippen LogP contribution in [-0.2, 0) is 12.0 Å². The summed E-state index contributed by atoms with van der Waals surface area (Å²) in [6, 6.07) is 0. The Morgan fingerprint density at radius 3 is 2.56 bits per heavy atom. The van der Waals surface area contributed by atoms with E-state index in [1.807, 2.05) is 6.20 Å². The SMILES string of the molecule is CC(C)Cn1cc(C2(C3(N)CC3)CC2)cn1. The van der Waals surface area contributed by atoms with Crippen LogP contribution in [-0.4, -0.2) is 15.3 Å². The van der Waals surface area contributed by atoms with E-state index in [1.165, 1.54) is 31.2 Å². The highest BCUT2D eigenvalue weighted by Gasteiger charge is 2.64. The Hall–Kier alpha value is -0.830. The molecule has 0 saturated heterocycles. The van der Waals surface area contributed by atoms with Crippen molar-refractivity contribution < 1.29 is 0 Å². The summed E-state index contributed by atoms with van der Waals surface area (Å²) in [6.07, 6.45) is 9.18. The molecule has 88 valence electrons. The molecule has 0 unspecified atom stereocenters. The first-order valence-corrected chi connectivity index (χ1v) is 6.38. The molecule has 0 radical (unpaired) electrons. The highest BCUT2D eigenvalue weighted by molar-refractivity contribution is 5.38. The molecule has 1 aromatic rings. The van der Waals surface area contributed by atoms with Crippen molar-refractivity contribution in [3.63, 3.8) is 0 Å². The van der Waals surface area contributed by atoms with Gasteiger partial charge in [0.15, 0.2) is 0 Å². The maximum Gasteiger partial charge on any atom is 0.0528 e. The monoisotopic (exact) mass is 219 g/mol. The molecule has 0 atom stereocenters. The smallest absolute Gasteiger partial charge is 0.0528 e. The zero-order chi connectivity index (χ0) is 11.4. The van der Waals surface area contributed by atoms with Crippen LogP contribution in [0.3, 0.4) is 0 Å². The minimum Gasteiger partial charge on any atom is -0.324 e. The van der Waals surface area contributed by atoms with Crippen molar-refractivity contribution in [2.45, 2.75) is 57.0 Å². The van der Waals surface area contributed by atoms with Crippen LogP contribution < -0.4 is 5.73 Å². The first-order chi connectivity index (χ1) is 7.56. The number of nitrogens with zero attached hydrogens (tertiary/aromatic N) is 2. The minimum atomic E-state index is 0.110. The summed E-state index contributed by atoms with van der Waals surface area (Å²) in [5.41, 5.74) is 8.18. The lowest BCUT2D eigenvalue weighted by molar-refractivity contribution is 0.478. The highest BCUT2D eigenvalue weighted by atomic mass is 15.3. The fourth-order valence-electron chi connectivity index (χ4n) is 2.90. The Morgan fingerprint density at radius 1 is 1.38 bits per heavy atom. The van der Waals surface area contributed by atoms with Gasteiger partial charge in [0, 0.05) is 23.7 Å². The molecular weight excluding hydrogens is 198 g/mol. The van der Waals surface area contributed by atoms with Crippen molar-refractivity contribution >= 4 is 0 Å². The summed E-state index contributed by atoms with van der Waals surface area (Å²) in [5.74, 6) is 0.649. The minimum absolute atomic E-state index is 0.110. The lowest BCUT2D eigenvalue weighted by Gasteiger charge is -2.21. The van der Waals surface area contributed by atoms with Crippen LogP contribution in [0.1, 0.15) is 45.1 Å². The average Bonchev–Trinajstić information content (AvgIpc) is 3.10. The first-order valence-electron chi connectivity index (χ1n) is 6.38. The van der Waals surface area contributed by atoms with E-state index in [0.29, 0.717) is 11.3 Å². The molecule has 0 amide bonds. The van der Waals surface area contributed by atoms with E-state index in [0.717, 1.165) is 6.54 Å². The predicted molar refractivity (Wildman–Crippen MR) is 64.1 cm³/mol. The van der Waals surface area contributed by atoms with Crippen molar-refractivity contribution in [1.82, 2.24) is 9.78 Å². The predicted octanol–water partition coefficient (Wildman–Crippen LogP) is 2.06. The molecule has 0 spiro atoms. The topological polar surface area (TPSA) is 43.8 Å². The summed E-state index contributed by atoms with van der Waals surface area (Å²) in [5, 5.41) is 4.47. The van der Waals surface area contributed by atoms with E-state index in [9.17, 15) is 0 Å². The Kier molecular flexibility index (Phi) is 2.00. The summed E-state index contributed by atoms with van der Waals surface area (Å²) < 4.78 is 2.08. The van der Waals surface area contributed by atoms with E-state index in [1.54, 1.807) is 0 Å². The molecule has 2 aliphatic rings. The molecule has 2 fully saturated rings. The van der Waals surface area contributed by atoms with Crippen molar-refractivity contribution in [2.75, 3.05) is 0 Å². The summed E-state index contributed by atoms with van der Waals surface area (Å²) in [6.45, 7) is 5.45. The van der Waals surface area contributed by atoms with Gasteiger partial charge in [-0.1, -0.05) is 13.8 Å². The maximum atomic E-state index is 6.39. The third kappa shape index (κ3) is 1.41. The molecule has 0 aromatic carbocycles. The molecule has 3 nitrogen and oxygen atoms in total. The van der Waals surface area contributed by atoms with Crippen LogP contribution in [0.25, 0.3) is 0 Å². The largest absolute Gasteiger partial charge is 0.324 e. The second-order valence-corrected chi connectivity index (χ2v) is 6.08. The summed E-state index contributed by atoms with van der Waals surface area (Å²) in [4.78, 5) is 0. The molecule has 16 heavy (non-hydrogen) atoms. The van der Waals surface area contributed by atoms with Crippen molar-refractivity contribution in [3.05, 3.63) is 18.0 Å². The lowest BCUT2D eigenvalue weighted by Crippen LogP contribution is -2.37. The Morgan fingerprint density at radius 2 is 2.06 bits per heavy atom. The van der Waals surface area contributed by atoms with Crippen LogP contribution in [0.4, 0.5) is 0 Å². The zero-order valence-electron chi connectivity index (χ0n) is 10.2. The Bertz CT molecular complexity index is 397. The van der Waals surface area contributed by atoms with Crippen LogP contribution in [0, 0.1) is 5.92 Å². The van der Waals surface area contributed by atoms with Gasteiger partial charge in [-0.25, -0.2) is 0 Å². The third-order valence-electron chi connectivity index (χ3n) is 4.23. The van der Waals surface area contributed by atoms with Crippen LogP contribution in [0.5, 0.6) is 0 Å². The molecular formula is C13H21N3. The Balaban J connectivity index is 1.82. The summed E-state index contributed by atoms with van der Waals surface area (Å²) >= 11 is 0. The quantitative estimate of drug-likeness (QED) is 0.842. The second kappa shape index (κ2) is 3.10. The van der Waals surface area contributed by atoms with E-state index in [-0.39, 0.29) is 5.54 Å². The van der Waals surface area contributed by atoms with E-state index < -0.39 is 0 Å². The molecule has 3 rings (SSSR count). The van der Waals surface area contributed by atoms with Gasteiger partial charge in [0.2, 0.25) is 0 Å². The summed E-state index contributed by atoms with van der Waals surface area (Å²) in [7, 11) is 0. The molecule has 0 bridgehead atoms. The number of nitrogens with two attached hydrogens (primary N) is 1. The van der Waals surface area contributed by atoms with Gasteiger partial charge >= 0.3 is 0 Å². The van der Waals surface area contributed by atoms with E-state index >= 15 is 0 Å². The average molecular weight is 219 g/mol. The first kappa shape index (κ1) is 10.3. The molecule has 2 aliphatic carbocycles. The normalized spacial score (nSPS) is 24.8. The van der Waals surface area contributed by atoms with Crippen LogP contribution in [0.2, 0.25) is 0 Å². The fourth-order valence-corrected chi connectivity index (χ4v) is 2.90. The van der Waals surface area contributed by atoms with Gasteiger partial charge in [-0.2, -0.15) is 5.10 Å². The molecule has 2 N–H and O–H groups in total. The molecule has 0 aliphatic heterocycles. The van der Waals surface area contributed by atoms with Gasteiger partial charge in [-0.05, 0) is 37.2 Å². The lowest BCUT2D eigenvalue weighted by atomic mass is 9.88. The fraction of sp³-hybridized carbons (Fsp3) is 0.769. The molecule has 1 heterocycles. The number of rotatable bonds is 4. The van der Waals surface area contributed by atoms with Gasteiger partial charge in [-0.3, -0.25) is 4.68 Å². The van der Waals surface area contributed by atoms with Crippen LogP contribution in [0.15, 0.2) is 12.4 Å². The molecule has 1 aromatic heterocycles. The van der Waals surface area contributed by atoms with Crippen LogP contribution >= 0.6 is 0 Å². The number of aromatic nitrogens is 2. The van der Waals surface area contributed by atoms with Gasteiger partial charge in [0.05, 0.1) is 6.20 Å². The van der Waals surface area contributed by atoms with Gasteiger partial charge in [-0.15, -0.1) is 0 Å². The van der Waals surface area contributed by atoms with E-state index in [2.05, 4.69) is 29.8 Å². The second-order valence-electron chi connectivity index (χ2n) is 6.08. The standard InChI is InChI=1S/C13H21N3/c1-10(2)8-16-9-11(7-15-16)12(3-4-12)13(14)5-6-13/h7,9-10H,3-6,8,14H2,1-2H3. The Labute approximate surface area is 97.0 Å². The number of hydrogen-bond acceptors (Lipinski definition) is 2. The maximum absolute atomic E-state index is 6.39. The molecule has 2 saturated carbocycles. The van der Waals surface area contributed by atoms with E-state index in [4.69, 9.17) is 5.73 Å². The highest BCUT2D eigenvalue weighted by Crippen LogP contribution is 2.63. The molecule has 3 heteroatoms. The zero-order valence-corrected chi connectivity index (χ0v) is 10.2. The number of hydrogen-bond donors (Lipinski definition) is 1. The van der Waals surface area contributed by atoms with Crippen molar-refractivity contribution in [1.29, 1.82) is 0 Å². The third-order valence-corrected chi connectivity index (χ3v) is 4.23.